The fourth-order valence-corrected chi connectivity index (χ4v) is 2.51. The van der Waals surface area contributed by atoms with Gasteiger partial charge in [0.05, 0.1) is 0 Å². The molecule has 1 fully saturated rings. The normalized spacial score (nSPS) is 25.4. The molecule has 0 aliphatic heterocycles. The van der Waals surface area contributed by atoms with Crippen LogP contribution in [0.25, 0.3) is 0 Å². The predicted molar refractivity (Wildman–Crippen MR) is 56.6 cm³/mol. The molecule has 0 heterocycles. The first-order chi connectivity index (χ1) is 6.91. The first-order valence-corrected chi connectivity index (χ1v) is 5.30. The van der Waals surface area contributed by atoms with Crippen molar-refractivity contribution in [1.29, 1.82) is 0 Å². The maximum atomic E-state index is 12.4. The van der Waals surface area contributed by atoms with Crippen molar-refractivity contribution in [2.45, 2.75) is 18.2 Å². The number of hydrogen-bond donors (Lipinski definition) is 0. The van der Waals surface area contributed by atoms with Gasteiger partial charge in [-0.3, -0.25) is 0 Å². The van der Waals surface area contributed by atoms with E-state index in [0.717, 1.165) is 0 Å². The highest BCUT2D eigenvalue weighted by molar-refractivity contribution is 6.61. The van der Waals surface area contributed by atoms with Gasteiger partial charge in [0, 0.05) is 10.0 Å². The SMILES string of the molecule is F[B-](F)(F)C1CC1c1c(Cl)cccc1Cl. The van der Waals surface area contributed by atoms with Gasteiger partial charge in [-0.2, -0.15) is 0 Å². The Labute approximate surface area is 95.4 Å². The van der Waals surface area contributed by atoms with Crippen LogP contribution in [-0.2, 0) is 0 Å². The minimum absolute atomic E-state index is 0.118. The van der Waals surface area contributed by atoms with Crippen LogP contribution in [0.3, 0.4) is 0 Å². The van der Waals surface area contributed by atoms with Crippen molar-refractivity contribution >= 4 is 30.2 Å². The quantitative estimate of drug-likeness (QED) is 0.671. The molecule has 1 aromatic rings. The molecule has 82 valence electrons. The smallest absolute Gasteiger partial charge is 0.449 e. The average Bonchev–Trinajstić information content (AvgIpc) is 2.82. The predicted octanol–water partition coefficient (Wildman–Crippen LogP) is 4.70. The fourth-order valence-electron chi connectivity index (χ4n) is 1.83. The molecule has 0 spiro atoms. The Morgan fingerprint density at radius 3 is 2.07 bits per heavy atom. The van der Waals surface area contributed by atoms with E-state index in [1.165, 1.54) is 0 Å². The van der Waals surface area contributed by atoms with Gasteiger partial charge in [0.15, 0.2) is 0 Å². The molecule has 0 saturated heterocycles. The minimum Gasteiger partial charge on any atom is -0.449 e. The van der Waals surface area contributed by atoms with Gasteiger partial charge in [0.1, 0.15) is 0 Å². The molecule has 1 aliphatic rings. The first kappa shape index (κ1) is 11.1. The lowest BCUT2D eigenvalue weighted by Gasteiger charge is -2.14. The third kappa shape index (κ3) is 2.11. The maximum absolute atomic E-state index is 12.4. The van der Waals surface area contributed by atoms with Crippen molar-refractivity contribution in [2.24, 2.45) is 0 Å². The molecular weight excluding hydrogens is 247 g/mol. The molecule has 0 radical (unpaired) electrons. The topological polar surface area (TPSA) is 0 Å². The van der Waals surface area contributed by atoms with Gasteiger partial charge in [-0.05, 0) is 23.6 Å². The molecule has 1 saturated carbocycles. The van der Waals surface area contributed by atoms with E-state index in [-0.39, 0.29) is 6.42 Å². The van der Waals surface area contributed by atoms with Crippen molar-refractivity contribution in [1.82, 2.24) is 0 Å². The molecule has 1 aromatic carbocycles. The molecule has 2 unspecified atom stereocenters. The second-order valence-electron chi connectivity index (χ2n) is 3.77. The number of rotatable bonds is 2. The lowest BCUT2D eigenvalue weighted by atomic mass is 9.81. The molecule has 0 nitrogen and oxygen atoms in total. The van der Waals surface area contributed by atoms with Crippen LogP contribution in [0.15, 0.2) is 18.2 Å². The summed E-state index contributed by atoms with van der Waals surface area (Å²) in [5.74, 6) is -1.76. The van der Waals surface area contributed by atoms with Crippen molar-refractivity contribution in [3.8, 4) is 0 Å². The zero-order valence-corrected chi connectivity index (χ0v) is 9.07. The van der Waals surface area contributed by atoms with E-state index < -0.39 is 18.7 Å². The summed E-state index contributed by atoms with van der Waals surface area (Å²) in [5.41, 5.74) is 0.449. The van der Waals surface area contributed by atoms with Gasteiger partial charge < -0.3 is 12.9 Å². The van der Waals surface area contributed by atoms with Gasteiger partial charge in [0.2, 0.25) is 0 Å². The van der Waals surface area contributed by atoms with Gasteiger partial charge in [-0.1, -0.05) is 41.5 Å². The zero-order chi connectivity index (χ0) is 11.2. The molecule has 0 amide bonds. The average molecular weight is 254 g/mol. The van der Waals surface area contributed by atoms with Crippen LogP contribution < -0.4 is 0 Å². The summed E-state index contributed by atoms with van der Waals surface area (Å²) in [7, 11) is 0. The molecule has 6 heteroatoms. The Morgan fingerprint density at radius 2 is 1.67 bits per heavy atom. The minimum atomic E-state index is -4.77. The summed E-state index contributed by atoms with van der Waals surface area (Å²) in [5, 5.41) is 0.658. The van der Waals surface area contributed by atoms with E-state index in [9.17, 15) is 12.9 Å². The van der Waals surface area contributed by atoms with Gasteiger partial charge in [-0.15, -0.1) is 0 Å². The zero-order valence-electron chi connectivity index (χ0n) is 7.56. The standard InChI is InChI=1S/C9H7BCl2F3/c11-7-2-1-3-8(12)9(7)5-4-6(5)10(13,14)15/h1-3,5-6H,4H2/q-1. The summed E-state index contributed by atoms with van der Waals surface area (Å²) in [6.45, 7) is -4.77. The molecule has 0 aromatic heterocycles. The van der Waals surface area contributed by atoms with Crippen LogP contribution in [0.5, 0.6) is 0 Å². The molecule has 0 bridgehead atoms. The first-order valence-electron chi connectivity index (χ1n) is 4.55. The highest BCUT2D eigenvalue weighted by atomic mass is 35.5. The summed E-state index contributed by atoms with van der Waals surface area (Å²) in [6, 6.07) is 4.77. The number of halogens is 5. The van der Waals surface area contributed by atoms with E-state index in [1.54, 1.807) is 18.2 Å². The van der Waals surface area contributed by atoms with Gasteiger partial charge in [0.25, 0.3) is 0 Å². The van der Waals surface area contributed by atoms with Crippen LogP contribution in [0.1, 0.15) is 17.9 Å². The van der Waals surface area contributed by atoms with Crippen LogP contribution in [-0.4, -0.2) is 6.98 Å². The van der Waals surface area contributed by atoms with Crippen molar-refractivity contribution < 1.29 is 12.9 Å². The Balaban J connectivity index is 2.27. The fraction of sp³-hybridized carbons (Fsp3) is 0.333. The highest BCUT2D eigenvalue weighted by Crippen LogP contribution is 2.61. The third-order valence-corrected chi connectivity index (χ3v) is 3.35. The van der Waals surface area contributed by atoms with E-state index in [4.69, 9.17) is 23.2 Å². The van der Waals surface area contributed by atoms with Crippen molar-refractivity contribution in [3.05, 3.63) is 33.8 Å². The molecular formula is C9H7BCl2F3-. The van der Waals surface area contributed by atoms with Crippen molar-refractivity contribution in [2.75, 3.05) is 0 Å². The largest absolute Gasteiger partial charge is 0.481 e. The second kappa shape index (κ2) is 3.60. The van der Waals surface area contributed by atoms with Crippen LogP contribution in [0.2, 0.25) is 15.9 Å². The monoisotopic (exact) mass is 253 g/mol. The van der Waals surface area contributed by atoms with Gasteiger partial charge >= 0.3 is 6.98 Å². The van der Waals surface area contributed by atoms with Gasteiger partial charge in [-0.25, -0.2) is 0 Å². The van der Waals surface area contributed by atoms with E-state index in [0.29, 0.717) is 15.6 Å². The van der Waals surface area contributed by atoms with Crippen LogP contribution in [0, 0.1) is 0 Å². The lowest BCUT2D eigenvalue weighted by molar-refractivity contribution is 0.463. The number of benzene rings is 1. The summed E-state index contributed by atoms with van der Waals surface area (Å²) in [6.07, 6.45) is 0.118. The van der Waals surface area contributed by atoms with Crippen LogP contribution in [0.4, 0.5) is 12.9 Å². The summed E-state index contributed by atoms with van der Waals surface area (Å²) >= 11 is 11.7. The van der Waals surface area contributed by atoms with Crippen LogP contribution >= 0.6 is 23.2 Å². The van der Waals surface area contributed by atoms with Crippen molar-refractivity contribution in [3.63, 3.8) is 0 Å². The molecule has 1 aliphatic carbocycles. The molecule has 2 rings (SSSR count). The van der Waals surface area contributed by atoms with E-state index >= 15 is 0 Å². The third-order valence-electron chi connectivity index (χ3n) is 2.70. The lowest BCUT2D eigenvalue weighted by Crippen LogP contribution is -2.15. The number of hydrogen-bond acceptors (Lipinski definition) is 0. The Hall–Kier alpha value is -0.345. The Bertz CT molecular complexity index is 371. The maximum Gasteiger partial charge on any atom is 0.481 e. The van der Waals surface area contributed by atoms with E-state index in [1.807, 2.05) is 0 Å². The molecule has 15 heavy (non-hydrogen) atoms. The summed E-state index contributed by atoms with van der Waals surface area (Å²) in [4.78, 5) is 0. The summed E-state index contributed by atoms with van der Waals surface area (Å²) < 4.78 is 37.2. The molecule has 2 atom stereocenters. The molecule has 0 N–H and O–H groups in total. The Morgan fingerprint density at radius 1 is 1.13 bits per heavy atom. The Kier molecular flexibility index (Phi) is 2.67. The van der Waals surface area contributed by atoms with E-state index in [2.05, 4.69) is 0 Å². The highest BCUT2D eigenvalue weighted by Gasteiger charge is 2.52. The second-order valence-corrected chi connectivity index (χ2v) is 4.58.